The lowest BCUT2D eigenvalue weighted by Gasteiger charge is -2.02. The average molecular weight is 307 g/mol. The number of methoxy groups -OCH3 is 1. The number of hydrogen-bond donors (Lipinski definition) is 1. The first kappa shape index (κ1) is 16.0. The molecule has 1 N–H and O–H groups in total. The molecule has 0 radical (unpaired) electrons. The monoisotopic (exact) mass is 307 g/mol. The van der Waals surface area contributed by atoms with Crippen LogP contribution in [0.3, 0.4) is 0 Å². The lowest BCUT2D eigenvalue weighted by atomic mass is 10.0. The Morgan fingerprint density at radius 2 is 1.61 bits per heavy atom. The summed E-state index contributed by atoms with van der Waals surface area (Å²) >= 11 is 0. The number of nitriles is 1. The summed E-state index contributed by atoms with van der Waals surface area (Å²) in [5.41, 5.74) is 1.06. The Kier molecular flexibility index (Phi) is 4.90. The van der Waals surface area contributed by atoms with Crippen LogP contribution in [0.5, 0.6) is 5.75 Å². The summed E-state index contributed by atoms with van der Waals surface area (Å²) in [6, 6.07) is 14.3. The van der Waals surface area contributed by atoms with E-state index >= 15 is 0 Å². The van der Waals surface area contributed by atoms with E-state index in [1.807, 2.05) is 6.07 Å². The van der Waals surface area contributed by atoms with Gasteiger partial charge in [0.05, 0.1) is 12.7 Å². The first-order valence-corrected chi connectivity index (χ1v) is 6.69. The molecule has 0 atom stereocenters. The van der Waals surface area contributed by atoms with E-state index in [4.69, 9.17) is 9.84 Å². The zero-order valence-corrected chi connectivity index (χ0v) is 12.3. The molecule has 0 fully saturated rings. The molecule has 0 unspecified atom stereocenters. The molecule has 2 aromatic carbocycles. The Morgan fingerprint density at radius 3 is 2.09 bits per heavy atom. The van der Waals surface area contributed by atoms with Gasteiger partial charge in [-0.15, -0.1) is 0 Å². The van der Waals surface area contributed by atoms with E-state index in [2.05, 4.69) is 0 Å². The number of carbonyl (C=O) groups is 2. The van der Waals surface area contributed by atoms with Crippen LogP contribution >= 0.6 is 0 Å². The van der Waals surface area contributed by atoms with Gasteiger partial charge in [0.25, 0.3) is 0 Å². The summed E-state index contributed by atoms with van der Waals surface area (Å²) in [7, 11) is 1.53. The maximum absolute atomic E-state index is 12.3. The third kappa shape index (κ3) is 3.83. The highest BCUT2D eigenvalue weighted by Crippen LogP contribution is 2.16. The Bertz CT molecular complexity index is 796. The molecule has 0 aliphatic rings. The summed E-state index contributed by atoms with van der Waals surface area (Å²) in [6.45, 7) is 0. The number of carboxylic acid groups (broad SMARTS) is 1. The SMILES string of the molecule is COc1ccc(C(=O)/C(C#N)=C/c2ccc(C(=O)O)cc2)cc1. The molecule has 0 aliphatic carbocycles. The Labute approximate surface area is 133 Å². The number of carboxylic acids is 1. The van der Waals surface area contributed by atoms with Crippen molar-refractivity contribution in [3.8, 4) is 11.8 Å². The summed E-state index contributed by atoms with van der Waals surface area (Å²) in [5.74, 6) is -0.818. The number of rotatable bonds is 5. The number of allylic oxidation sites excluding steroid dienone is 1. The average Bonchev–Trinajstić information content (AvgIpc) is 2.59. The molecule has 114 valence electrons. The van der Waals surface area contributed by atoms with Crippen LogP contribution in [0.25, 0.3) is 6.08 Å². The molecule has 0 heterocycles. The largest absolute Gasteiger partial charge is 0.497 e. The minimum Gasteiger partial charge on any atom is -0.497 e. The number of hydrogen-bond acceptors (Lipinski definition) is 4. The van der Waals surface area contributed by atoms with E-state index < -0.39 is 11.8 Å². The second kappa shape index (κ2) is 7.05. The van der Waals surface area contributed by atoms with E-state index in [-0.39, 0.29) is 11.1 Å². The maximum Gasteiger partial charge on any atom is 0.335 e. The normalized spacial score (nSPS) is 10.7. The highest BCUT2D eigenvalue weighted by atomic mass is 16.5. The van der Waals surface area contributed by atoms with Crippen LogP contribution in [0.4, 0.5) is 0 Å². The van der Waals surface area contributed by atoms with Crippen LogP contribution in [0, 0.1) is 11.3 Å². The van der Waals surface area contributed by atoms with Crippen LogP contribution in [0.15, 0.2) is 54.1 Å². The van der Waals surface area contributed by atoms with Gasteiger partial charge in [0.1, 0.15) is 17.4 Å². The second-order valence-electron chi connectivity index (χ2n) is 4.65. The maximum atomic E-state index is 12.3. The van der Waals surface area contributed by atoms with Gasteiger partial charge in [-0.2, -0.15) is 5.26 Å². The molecule has 0 spiro atoms. The summed E-state index contributed by atoms with van der Waals surface area (Å²) in [5, 5.41) is 18.1. The molecule has 0 amide bonds. The fourth-order valence-corrected chi connectivity index (χ4v) is 1.94. The van der Waals surface area contributed by atoms with Crippen molar-refractivity contribution in [1.29, 1.82) is 5.26 Å². The van der Waals surface area contributed by atoms with Crippen LogP contribution < -0.4 is 4.74 Å². The fourth-order valence-electron chi connectivity index (χ4n) is 1.94. The molecular weight excluding hydrogens is 294 g/mol. The topological polar surface area (TPSA) is 87.4 Å². The van der Waals surface area contributed by atoms with Crippen molar-refractivity contribution in [3.63, 3.8) is 0 Å². The molecule has 0 saturated carbocycles. The van der Waals surface area contributed by atoms with Gasteiger partial charge in [0.2, 0.25) is 5.78 Å². The predicted molar refractivity (Wildman–Crippen MR) is 84.3 cm³/mol. The number of carbonyl (C=O) groups excluding carboxylic acids is 1. The van der Waals surface area contributed by atoms with Crippen LogP contribution in [-0.4, -0.2) is 24.0 Å². The molecular formula is C18H13NO4. The van der Waals surface area contributed by atoms with Crippen molar-refractivity contribution in [3.05, 3.63) is 70.8 Å². The number of Topliss-reactive ketones (excluding diaryl/α,β-unsaturated/α-hetero) is 1. The van der Waals surface area contributed by atoms with Gasteiger partial charge in [-0.05, 0) is 48.0 Å². The Hall–Kier alpha value is -3.39. The number of benzene rings is 2. The van der Waals surface area contributed by atoms with Gasteiger partial charge < -0.3 is 9.84 Å². The van der Waals surface area contributed by atoms with Gasteiger partial charge in [-0.25, -0.2) is 4.79 Å². The number of aromatic carboxylic acids is 1. The van der Waals surface area contributed by atoms with Crippen molar-refractivity contribution in [2.75, 3.05) is 7.11 Å². The predicted octanol–water partition coefficient (Wildman–Crippen LogP) is 3.18. The Balaban J connectivity index is 2.28. The zero-order chi connectivity index (χ0) is 16.8. The van der Waals surface area contributed by atoms with Crippen molar-refractivity contribution >= 4 is 17.8 Å². The molecule has 0 aliphatic heterocycles. The van der Waals surface area contributed by atoms with Crippen molar-refractivity contribution in [2.45, 2.75) is 0 Å². The molecule has 2 rings (SSSR count). The highest BCUT2D eigenvalue weighted by molar-refractivity contribution is 6.14. The molecule has 2 aromatic rings. The van der Waals surface area contributed by atoms with E-state index in [0.29, 0.717) is 16.9 Å². The van der Waals surface area contributed by atoms with Crippen LogP contribution in [0.2, 0.25) is 0 Å². The van der Waals surface area contributed by atoms with Crippen LogP contribution in [-0.2, 0) is 0 Å². The minimum absolute atomic E-state index is 0.0294. The number of nitrogens with zero attached hydrogens (tertiary/aromatic N) is 1. The minimum atomic E-state index is -1.03. The summed E-state index contributed by atoms with van der Waals surface area (Å²) in [6.07, 6.45) is 1.43. The van der Waals surface area contributed by atoms with E-state index in [0.717, 1.165) is 0 Å². The third-order valence-corrected chi connectivity index (χ3v) is 3.19. The quantitative estimate of drug-likeness (QED) is 0.520. The standard InChI is InChI=1S/C18H13NO4/c1-23-16-8-6-13(7-9-16)17(20)15(11-19)10-12-2-4-14(5-3-12)18(21)22/h2-10H,1H3,(H,21,22)/b15-10+. The van der Waals surface area contributed by atoms with E-state index in [1.54, 1.807) is 36.4 Å². The molecule has 0 bridgehead atoms. The second-order valence-corrected chi connectivity index (χ2v) is 4.65. The molecule has 5 heteroatoms. The van der Waals surface area contributed by atoms with Crippen molar-refractivity contribution < 1.29 is 19.4 Å². The van der Waals surface area contributed by atoms with Crippen molar-refractivity contribution in [1.82, 2.24) is 0 Å². The molecule has 5 nitrogen and oxygen atoms in total. The highest BCUT2D eigenvalue weighted by Gasteiger charge is 2.12. The van der Waals surface area contributed by atoms with Crippen molar-refractivity contribution in [2.24, 2.45) is 0 Å². The third-order valence-electron chi connectivity index (χ3n) is 3.19. The zero-order valence-electron chi connectivity index (χ0n) is 12.3. The molecule has 0 saturated heterocycles. The number of ketones is 1. The van der Waals surface area contributed by atoms with E-state index in [1.165, 1.54) is 25.3 Å². The van der Waals surface area contributed by atoms with Gasteiger partial charge in [-0.1, -0.05) is 12.1 Å². The first-order valence-electron chi connectivity index (χ1n) is 6.69. The van der Waals surface area contributed by atoms with Gasteiger partial charge in [-0.3, -0.25) is 4.79 Å². The van der Waals surface area contributed by atoms with Gasteiger partial charge in [0, 0.05) is 5.56 Å². The number of ether oxygens (including phenoxy) is 1. The lowest BCUT2D eigenvalue weighted by Crippen LogP contribution is -2.02. The first-order chi connectivity index (χ1) is 11.0. The Morgan fingerprint density at radius 1 is 1.04 bits per heavy atom. The summed E-state index contributed by atoms with van der Waals surface area (Å²) in [4.78, 5) is 23.1. The lowest BCUT2D eigenvalue weighted by molar-refractivity contribution is 0.0696. The summed E-state index contributed by atoms with van der Waals surface area (Å²) < 4.78 is 5.02. The molecule has 0 aromatic heterocycles. The fraction of sp³-hybridized carbons (Fsp3) is 0.0556. The smallest absolute Gasteiger partial charge is 0.335 e. The van der Waals surface area contributed by atoms with Gasteiger partial charge in [0.15, 0.2) is 0 Å². The van der Waals surface area contributed by atoms with Gasteiger partial charge >= 0.3 is 5.97 Å². The van der Waals surface area contributed by atoms with E-state index in [9.17, 15) is 14.9 Å². The van der Waals surface area contributed by atoms with Crippen LogP contribution in [0.1, 0.15) is 26.3 Å². The molecule has 23 heavy (non-hydrogen) atoms.